The minimum atomic E-state index is 0.786. The van der Waals surface area contributed by atoms with Crippen LogP contribution in [0.4, 0.5) is 0 Å². The maximum absolute atomic E-state index is 5.39. The van der Waals surface area contributed by atoms with Gasteiger partial charge in [0.1, 0.15) is 0 Å². The van der Waals surface area contributed by atoms with Crippen LogP contribution < -0.4 is 5.73 Å². The van der Waals surface area contributed by atoms with Crippen molar-refractivity contribution in [2.24, 2.45) is 5.73 Å². The molecule has 0 radical (unpaired) electrons. The summed E-state index contributed by atoms with van der Waals surface area (Å²) < 4.78 is 0. The number of hydrogen-bond acceptors (Lipinski definition) is 2. The third-order valence-corrected chi connectivity index (χ3v) is 1.59. The lowest BCUT2D eigenvalue weighted by atomic mass is 10.2. The molecule has 0 bridgehead atoms. The molecule has 0 fully saturated rings. The Bertz CT molecular complexity index is 99.7. The molecule has 2 N–H and O–H groups in total. The van der Waals surface area contributed by atoms with Crippen molar-refractivity contribution < 1.29 is 0 Å². The quantitative estimate of drug-likeness (QED) is 0.609. The van der Waals surface area contributed by atoms with E-state index in [9.17, 15) is 0 Å². The standard InChI is InChI=1S/C7H14N2.C2H6/c8-4-7-9-5-2-1-3-6-9;1-2/h1-2H,3-8H2;1-2H3. The van der Waals surface area contributed by atoms with Crippen LogP contribution in [0.15, 0.2) is 12.2 Å². The molecule has 2 heteroatoms. The summed E-state index contributed by atoms with van der Waals surface area (Å²) in [6.45, 7) is 8.11. The van der Waals surface area contributed by atoms with Gasteiger partial charge in [0.25, 0.3) is 0 Å². The van der Waals surface area contributed by atoms with Gasteiger partial charge in [-0.15, -0.1) is 0 Å². The van der Waals surface area contributed by atoms with Gasteiger partial charge in [0.15, 0.2) is 0 Å². The number of hydrogen-bond donors (Lipinski definition) is 1. The second-order valence-corrected chi connectivity index (χ2v) is 2.35. The van der Waals surface area contributed by atoms with E-state index in [0.717, 1.165) is 19.6 Å². The number of nitrogens with zero attached hydrogens (tertiary/aromatic N) is 1. The van der Waals surface area contributed by atoms with Crippen molar-refractivity contribution in [1.82, 2.24) is 4.90 Å². The molecule has 0 amide bonds. The summed E-state index contributed by atoms with van der Waals surface area (Å²) in [4.78, 5) is 2.36. The van der Waals surface area contributed by atoms with Gasteiger partial charge in [-0.1, -0.05) is 26.0 Å². The van der Waals surface area contributed by atoms with Crippen molar-refractivity contribution in [3.63, 3.8) is 0 Å². The van der Waals surface area contributed by atoms with Crippen molar-refractivity contribution in [2.45, 2.75) is 20.3 Å². The Balaban J connectivity index is 0.000000461. The van der Waals surface area contributed by atoms with Crippen molar-refractivity contribution >= 4 is 0 Å². The lowest BCUT2D eigenvalue weighted by Gasteiger charge is -2.21. The second kappa shape index (κ2) is 7.76. The number of nitrogens with two attached hydrogens (primary N) is 1. The first-order valence-electron chi connectivity index (χ1n) is 4.51. The topological polar surface area (TPSA) is 29.3 Å². The van der Waals surface area contributed by atoms with Gasteiger partial charge in [-0.3, -0.25) is 4.90 Å². The third kappa shape index (κ3) is 4.99. The van der Waals surface area contributed by atoms with Gasteiger partial charge in [-0.2, -0.15) is 0 Å². The van der Waals surface area contributed by atoms with Crippen LogP contribution in [0.2, 0.25) is 0 Å². The van der Waals surface area contributed by atoms with Crippen LogP contribution in [0.3, 0.4) is 0 Å². The first kappa shape index (κ1) is 10.7. The molecule has 0 atom stereocenters. The van der Waals surface area contributed by atoms with Crippen LogP contribution in [-0.4, -0.2) is 31.1 Å². The predicted molar refractivity (Wildman–Crippen MR) is 50.6 cm³/mol. The Morgan fingerprint density at radius 1 is 1.36 bits per heavy atom. The highest BCUT2D eigenvalue weighted by Crippen LogP contribution is 1.98. The van der Waals surface area contributed by atoms with E-state index < -0.39 is 0 Å². The zero-order chi connectivity index (χ0) is 8.53. The lowest BCUT2D eigenvalue weighted by Crippen LogP contribution is -2.32. The normalized spacial score (nSPS) is 17.4. The first-order chi connectivity index (χ1) is 5.43. The van der Waals surface area contributed by atoms with E-state index >= 15 is 0 Å². The van der Waals surface area contributed by atoms with Crippen LogP contribution in [0.25, 0.3) is 0 Å². The van der Waals surface area contributed by atoms with Crippen LogP contribution in [-0.2, 0) is 0 Å². The van der Waals surface area contributed by atoms with Crippen molar-refractivity contribution in [1.29, 1.82) is 0 Å². The molecule has 0 saturated carbocycles. The fourth-order valence-electron chi connectivity index (χ4n) is 1.08. The first-order valence-corrected chi connectivity index (χ1v) is 4.51. The molecule has 0 aromatic rings. The van der Waals surface area contributed by atoms with Gasteiger partial charge >= 0.3 is 0 Å². The van der Waals surface area contributed by atoms with Gasteiger partial charge in [-0.05, 0) is 6.42 Å². The van der Waals surface area contributed by atoms with Gasteiger partial charge < -0.3 is 5.73 Å². The Hall–Kier alpha value is -0.340. The molecule has 0 aliphatic carbocycles. The monoisotopic (exact) mass is 156 g/mol. The van der Waals surface area contributed by atoms with Crippen molar-refractivity contribution in [3.05, 3.63) is 12.2 Å². The van der Waals surface area contributed by atoms with E-state index in [-0.39, 0.29) is 0 Å². The highest BCUT2D eigenvalue weighted by atomic mass is 15.1. The molecule has 2 nitrogen and oxygen atoms in total. The van der Waals surface area contributed by atoms with E-state index in [1.165, 1.54) is 13.0 Å². The molecule has 1 aliphatic heterocycles. The average molecular weight is 156 g/mol. The number of rotatable bonds is 2. The van der Waals surface area contributed by atoms with E-state index in [0.29, 0.717) is 0 Å². The summed E-state index contributed by atoms with van der Waals surface area (Å²) in [5, 5.41) is 0. The van der Waals surface area contributed by atoms with E-state index in [2.05, 4.69) is 17.1 Å². The van der Waals surface area contributed by atoms with Gasteiger partial charge in [-0.25, -0.2) is 0 Å². The Kier molecular flexibility index (Phi) is 7.52. The highest BCUT2D eigenvalue weighted by molar-refractivity contribution is 4.90. The molecule has 0 spiro atoms. The fraction of sp³-hybridized carbons (Fsp3) is 0.778. The molecule has 1 aliphatic rings. The molecular weight excluding hydrogens is 136 g/mol. The minimum Gasteiger partial charge on any atom is -0.329 e. The zero-order valence-corrected chi connectivity index (χ0v) is 7.71. The van der Waals surface area contributed by atoms with Gasteiger partial charge in [0.2, 0.25) is 0 Å². The highest BCUT2D eigenvalue weighted by Gasteiger charge is 2.02. The third-order valence-electron chi connectivity index (χ3n) is 1.59. The minimum absolute atomic E-state index is 0.786. The van der Waals surface area contributed by atoms with Crippen LogP contribution in [0.5, 0.6) is 0 Å². The molecule has 0 saturated heterocycles. The zero-order valence-electron chi connectivity index (χ0n) is 7.71. The van der Waals surface area contributed by atoms with Crippen LogP contribution in [0.1, 0.15) is 20.3 Å². The van der Waals surface area contributed by atoms with Gasteiger partial charge in [0, 0.05) is 26.2 Å². The summed E-state index contributed by atoms with van der Waals surface area (Å²) in [5.74, 6) is 0. The van der Waals surface area contributed by atoms with Crippen LogP contribution >= 0.6 is 0 Å². The summed E-state index contributed by atoms with van der Waals surface area (Å²) in [5.41, 5.74) is 5.39. The molecule has 1 rings (SSSR count). The lowest BCUT2D eigenvalue weighted by molar-refractivity contribution is 0.307. The molecule has 0 aromatic heterocycles. The Morgan fingerprint density at radius 2 is 2.09 bits per heavy atom. The van der Waals surface area contributed by atoms with Crippen LogP contribution in [0, 0.1) is 0 Å². The second-order valence-electron chi connectivity index (χ2n) is 2.35. The summed E-state index contributed by atoms with van der Waals surface area (Å²) in [6, 6.07) is 0. The molecule has 0 aromatic carbocycles. The maximum atomic E-state index is 5.39. The molecule has 11 heavy (non-hydrogen) atoms. The predicted octanol–water partition coefficient (Wildman–Crippen LogP) is 1.23. The SMILES string of the molecule is CC.NCCN1CC=CCC1. The summed E-state index contributed by atoms with van der Waals surface area (Å²) in [7, 11) is 0. The van der Waals surface area contributed by atoms with Crippen molar-refractivity contribution in [3.8, 4) is 0 Å². The van der Waals surface area contributed by atoms with Crippen molar-refractivity contribution in [2.75, 3.05) is 26.2 Å². The van der Waals surface area contributed by atoms with E-state index in [4.69, 9.17) is 5.73 Å². The molecule has 1 heterocycles. The smallest absolute Gasteiger partial charge is 0.0163 e. The maximum Gasteiger partial charge on any atom is 0.0163 e. The Labute approximate surface area is 70.1 Å². The van der Waals surface area contributed by atoms with E-state index in [1.54, 1.807) is 0 Å². The molecule has 0 unspecified atom stereocenters. The van der Waals surface area contributed by atoms with Gasteiger partial charge in [0.05, 0.1) is 0 Å². The molecule has 66 valence electrons. The van der Waals surface area contributed by atoms with E-state index in [1.807, 2.05) is 13.8 Å². The fourth-order valence-corrected chi connectivity index (χ4v) is 1.08. The molecular formula is C9H20N2. The average Bonchev–Trinajstić information content (AvgIpc) is 2.11. The Morgan fingerprint density at radius 3 is 2.55 bits per heavy atom. The summed E-state index contributed by atoms with van der Waals surface area (Å²) in [6.07, 6.45) is 5.63. The summed E-state index contributed by atoms with van der Waals surface area (Å²) >= 11 is 0. The largest absolute Gasteiger partial charge is 0.329 e.